The highest BCUT2D eigenvalue weighted by atomic mass is 16.5. The van der Waals surface area contributed by atoms with Crippen LogP contribution in [0.4, 0.5) is 10.6 Å². The number of hydrogen-bond acceptors (Lipinski definition) is 5. The van der Waals surface area contributed by atoms with Crippen LogP contribution in [0.5, 0.6) is 0 Å². The molecule has 0 saturated carbocycles. The second-order valence-corrected chi connectivity index (χ2v) is 6.99. The van der Waals surface area contributed by atoms with Crippen LogP contribution in [0.25, 0.3) is 0 Å². The van der Waals surface area contributed by atoms with Crippen LogP contribution in [0.3, 0.4) is 0 Å². The standard InChI is InChI=1S/C16H27N5O2/c1-16(2,3)14-18-12(10-23-4)9-13(20-14)21-7-5-11(6-8-21)19-15(17)22/h9,11H,5-8,10H2,1-4H3,(H3,17,19,22). The third-order valence-corrected chi connectivity index (χ3v) is 3.89. The van der Waals surface area contributed by atoms with Gasteiger partial charge in [0.05, 0.1) is 12.3 Å². The van der Waals surface area contributed by atoms with Crippen LogP contribution in [0.15, 0.2) is 6.07 Å². The summed E-state index contributed by atoms with van der Waals surface area (Å²) in [6.45, 7) is 8.44. The number of methoxy groups -OCH3 is 1. The van der Waals surface area contributed by atoms with Crippen molar-refractivity contribution in [2.75, 3.05) is 25.1 Å². The van der Waals surface area contributed by atoms with Gasteiger partial charge in [0.2, 0.25) is 0 Å². The Hall–Kier alpha value is -1.89. The van der Waals surface area contributed by atoms with Crippen molar-refractivity contribution in [2.45, 2.75) is 51.7 Å². The minimum absolute atomic E-state index is 0.121. The molecule has 0 aliphatic carbocycles. The molecule has 0 bridgehead atoms. The summed E-state index contributed by atoms with van der Waals surface area (Å²) in [5.41, 5.74) is 5.96. The van der Waals surface area contributed by atoms with Gasteiger partial charge in [-0.05, 0) is 12.8 Å². The van der Waals surface area contributed by atoms with Crippen LogP contribution in [-0.4, -0.2) is 42.2 Å². The molecule has 7 nitrogen and oxygen atoms in total. The fourth-order valence-electron chi connectivity index (χ4n) is 2.66. The van der Waals surface area contributed by atoms with Crippen LogP contribution in [0.1, 0.15) is 45.1 Å². The van der Waals surface area contributed by atoms with Gasteiger partial charge in [0.1, 0.15) is 11.6 Å². The van der Waals surface area contributed by atoms with Crippen molar-refractivity contribution in [3.05, 3.63) is 17.6 Å². The summed E-state index contributed by atoms with van der Waals surface area (Å²) < 4.78 is 5.23. The summed E-state index contributed by atoms with van der Waals surface area (Å²) in [6.07, 6.45) is 1.72. The van der Waals surface area contributed by atoms with Crippen molar-refractivity contribution in [3.63, 3.8) is 0 Å². The van der Waals surface area contributed by atoms with Crippen LogP contribution in [0.2, 0.25) is 0 Å². The zero-order chi connectivity index (χ0) is 17.0. The lowest BCUT2D eigenvalue weighted by Gasteiger charge is -2.33. The van der Waals surface area contributed by atoms with E-state index in [2.05, 4.69) is 36.0 Å². The Morgan fingerprint density at radius 1 is 1.39 bits per heavy atom. The van der Waals surface area contributed by atoms with E-state index < -0.39 is 6.03 Å². The Bertz CT molecular complexity index is 548. The molecule has 0 spiro atoms. The van der Waals surface area contributed by atoms with Crippen molar-refractivity contribution in [2.24, 2.45) is 5.73 Å². The van der Waals surface area contributed by atoms with Gasteiger partial charge in [-0.15, -0.1) is 0 Å². The van der Waals surface area contributed by atoms with E-state index >= 15 is 0 Å². The van der Waals surface area contributed by atoms with Gasteiger partial charge in [-0.1, -0.05) is 20.8 Å². The number of nitrogens with one attached hydrogen (secondary N) is 1. The number of anilines is 1. The lowest BCUT2D eigenvalue weighted by Crippen LogP contribution is -2.46. The molecule has 0 aromatic carbocycles. The molecule has 2 rings (SSSR count). The lowest BCUT2D eigenvalue weighted by atomic mass is 9.95. The molecule has 1 aromatic heterocycles. The van der Waals surface area contributed by atoms with Gasteiger partial charge < -0.3 is 20.7 Å². The number of hydrogen-bond donors (Lipinski definition) is 2. The second-order valence-electron chi connectivity index (χ2n) is 6.99. The molecule has 1 saturated heterocycles. The average Bonchev–Trinajstić information content (AvgIpc) is 2.46. The Labute approximate surface area is 137 Å². The number of aromatic nitrogens is 2. The number of amides is 2. The Morgan fingerprint density at radius 3 is 2.57 bits per heavy atom. The van der Waals surface area contributed by atoms with E-state index in [-0.39, 0.29) is 11.5 Å². The van der Waals surface area contributed by atoms with Crippen LogP contribution >= 0.6 is 0 Å². The topological polar surface area (TPSA) is 93.4 Å². The van der Waals surface area contributed by atoms with Gasteiger partial charge >= 0.3 is 6.03 Å². The fraction of sp³-hybridized carbons (Fsp3) is 0.688. The maximum Gasteiger partial charge on any atom is 0.312 e. The number of urea groups is 1. The Kier molecular flexibility index (Phi) is 5.41. The number of ether oxygens (including phenoxy) is 1. The highest BCUT2D eigenvalue weighted by Gasteiger charge is 2.24. The number of nitrogens with two attached hydrogens (primary N) is 1. The van der Waals surface area contributed by atoms with Crippen LogP contribution < -0.4 is 16.0 Å². The molecule has 7 heteroatoms. The maximum absolute atomic E-state index is 11.0. The summed E-state index contributed by atoms with van der Waals surface area (Å²) in [5.74, 6) is 1.74. The van der Waals surface area contributed by atoms with Crippen molar-refractivity contribution in [1.29, 1.82) is 0 Å². The SMILES string of the molecule is COCc1cc(N2CCC(NC(N)=O)CC2)nc(C(C)(C)C)n1. The molecule has 1 aliphatic heterocycles. The number of primary amides is 1. The van der Waals surface area contributed by atoms with Crippen molar-refractivity contribution in [1.82, 2.24) is 15.3 Å². The second kappa shape index (κ2) is 7.12. The molecule has 1 fully saturated rings. The van der Waals surface area contributed by atoms with E-state index in [0.29, 0.717) is 6.61 Å². The molecule has 128 valence electrons. The summed E-state index contributed by atoms with van der Waals surface area (Å²) in [4.78, 5) is 22.5. The van der Waals surface area contributed by atoms with Crippen LogP contribution in [0, 0.1) is 0 Å². The number of carbonyl (C=O) groups excluding carboxylic acids is 1. The minimum atomic E-state index is -0.456. The summed E-state index contributed by atoms with van der Waals surface area (Å²) >= 11 is 0. The monoisotopic (exact) mass is 321 g/mol. The summed E-state index contributed by atoms with van der Waals surface area (Å²) in [6, 6.07) is 1.68. The average molecular weight is 321 g/mol. The number of nitrogens with zero attached hydrogens (tertiary/aromatic N) is 3. The smallest absolute Gasteiger partial charge is 0.312 e. The van der Waals surface area contributed by atoms with Gasteiger partial charge in [-0.25, -0.2) is 14.8 Å². The number of carbonyl (C=O) groups is 1. The summed E-state index contributed by atoms with van der Waals surface area (Å²) in [7, 11) is 1.67. The van der Waals surface area contributed by atoms with E-state index in [0.717, 1.165) is 43.3 Å². The van der Waals surface area contributed by atoms with E-state index in [1.54, 1.807) is 7.11 Å². The Balaban J connectivity index is 2.16. The molecular weight excluding hydrogens is 294 g/mol. The first-order chi connectivity index (χ1) is 10.8. The molecule has 0 unspecified atom stereocenters. The number of rotatable bonds is 4. The van der Waals surface area contributed by atoms with Crippen molar-refractivity contribution in [3.8, 4) is 0 Å². The van der Waals surface area contributed by atoms with E-state index in [4.69, 9.17) is 15.5 Å². The van der Waals surface area contributed by atoms with Gasteiger partial charge in [-0.3, -0.25) is 0 Å². The first-order valence-electron chi connectivity index (χ1n) is 7.98. The third kappa shape index (κ3) is 4.79. The number of piperidine rings is 1. The molecule has 23 heavy (non-hydrogen) atoms. The lowest BCUT2D eigenvalue weighted by molar-refractivity contribution is 0.181. The summed E-state index contributed by atoms with van der Waals surface area (Å²) in [5, 5.41) is 2.78. The molecule has 0 radical (unpaired) electrons. The molecule has 3 N–H and O–H groups in total. The zero-order valence-corrected chi connectivity index (χ0v) is 14.4. The first kappa shape index (κ1) is 17.5. The van der Waals surface area contributed by atoms with E-state index in [1.165, 1.54) is 0 Å². The molecular formula is C16H27N5O2. The highest BCUT2D eigenvalue weighted by molar-refractivity contribution is 5.72. The van der Waals surface area contributed by atoms with Gasteiger partial charge in [0, 0.05) is 37.7 Å². The first-order valence-corrected chi connectivity index (χ1v) is 7.98. The predicted octanol–water partition coefficient (Wildman–Crippen LogP) is 1.56. The van der Waals surface area contributed by atoms with Gasteiger partial charge in [0.15, 0.2) is 0 Å². The fourth-order valence-corrected chi connectivity index (χ4v) is 2.66. The molecule has 2 heterocycles. The molecule has 1 aromatic rings. The normalized spacial score (nSPS) is 16.4. The zero-order valence-electron chi connectivity index (χ0n) is 14.4. The van der Waals surface area contributed by atoms with Crippen molar-refractivity contribution >= 4 is 11.8 Å². The molecule has 2 amide bonds. The molecule has 1 aliphatic rings. The third-order valence-electron chi connectivity index (χ3n) is 3.89. The highest BCUT2D eigenvalue weighted by Crippen LogP contribution is 2.24. The predicted molar refractivity (Wildman–Crippen MR) is 89.4 cm³/mol. The van der Waals surface area contributed by atoms with E-state index in [1.807, 2.05) is 6.07 Å². The van der Waals surface area contributed by atoms with Gasteiger partial charge in [0.25, 0.3) is 0 Å². The molecule has 0 atom stereocenters. The maximum atomic E-state index is 11.0. The minimum Gasteiger partial charge on any atom is -0.378 e. The van der Waals surface area contributed by atoms with E-state index in [9.17, 15) is 4.79 Å². The largest absolute Gasteiger partial charge is 0.378 e. The quantitative estimate of drug-likeness (QED) is 0.878. The van der Waals surface area contributed by atoms with Crippen molar-refractivity contribution < 1.29 is 9.53 Å². The van der Waals surface area contributed by atoms with Gasteiger partial charge in [-0.2, -0.15) is 0 Å². The van der Waals surface area contributed by atoms with Crippen LogP contribution in [-0.2, 0) is 16.8 Å². The Morgan fingerprint density at radius 2 is 2.04 bits per heavy atom.